The van der Waals surface area contributed by atoms with Crippen molar-refractivity contribution in [3.63, 3.8) is 0 Å². The molecule has 0 amide bonds. The smallest absolute Gasteiger partial charge is 0.0448 e. The molecule has 0 atom stereocenters. The Bertz CT molecular complexity index is 673. The second kappa shape index (κ2) is 6.37. The molecule has 0 saturated carbocycles. The van der Waals surface area contributed by atoms with Gasteiger partial charge >= 0.3 is 0 Å². The fraction of sp³-hybridized carbons (Fsp3) is 0.429. The average molecular weight is 308 g/mol. The molecule has 0 aromatic heterocycles. The van der Waals surface area contributed by atoms with Crippen LogP contribution < -0.4 is 4.90 Å². The minimum Gasteiger partial charge on any atom is -0.341 e. The number of rotatable bonds is 4. The van der Waals surface area contributed by atoms with Gasteiger partial charge in [0, 0.05) is 17.9 Å². The standard InChI is InChI=1S/C21H28N2/c1-21(2)16-17-10-5-7-12-19(17)23(15-9-14-22(3)4)20-13-8-6-11-18(20)21/h5-8,10-13H,9,14-16H2,1-4H3. The van der Waals surface area contributed by atoms with Crippen LogP contribution in [0.15, 0.2) is 48.5 Å². The number of para-hydroxylation sites is 2. The Morgan fingerprint density at radius 2 is 1.61 bits per heavy atom. The molecule has 1 aliphatic heterocycles. The van der Waals surface area contributed by atoms with Gasteiger partial charge in [0.2, 0.25) is 0 Å². The fourth-order valence-electron chi connectivity index (χ4n) is 3.69. The van der Waals surface area contributed by atoms with E-state index >= 15 is 0 Å². The van der Waals surface area contributed by atoms with Crippen molar-refractivity contribution in [2.75, 3.05) is 32.1 Å². The van der Waals surface area contributed by atoms with Gasteiger partial charge in [-0.25, -0.2) is 0 Å². The van der Waals surface area contributed by atoms with E-state index in [4.69, 9.17) is 0 Å². The highest BCUT2D eigenvalue weighted by Gasteiger charge is 2.31. The normalized spacial score (nSPS) is 16.0. The maximum Gasteiger partial charge on any atom is 0.0448 e. The van der Waals surface area contributed by atoms with E-state index in [2.05, 4.69) is 86.3 Å². The molecule has 1 heterocycles. The van der Waals surface area contributed by atoms with Crippen molar-refractivity contribution < 1.29 is 0 Å². The summed E-state index contributed by atoms with van der Waals surface area (Å²) in [6, 6.07) is 17.8. The minimum absolute atomic E-state index is 0.156. The van der Waals surface area contributed by atoms with E-state index in [1.165, 1.54) is 22.5 Å². The second-order valence-electron chi connectivity index (χ2n) is 7.51. The predicted octanol–water partition coefficient (Wildman–Crippen LogP) is 4.61. The molecule has 2 nitrogen and oxygen atoms in total. The summed E-state index contributed by atoms with van der Waals surface area (Å²) in [5, 5.41) is 0. The molecule has 0 bridgehead atoms. The molecule has 3 rings (SSSR count). The fourth-order valence-corrected chi connectivity index (χ4v) is 3.69. The molecular weight excluding hydrogens is 280 g/mol. The molecule has 0 saturated heterocycles. The topological polar surface area (TPSA) is 6.48 Å². The number of nitrogens with zero attached hydrogens (tertiary/aromatic N) is 2. The molecule has 122 valence electrons. The SMILES string of the molecule is CN(C)CCCN1c2ccccc2CC(C)(C)c2ccccc21. The van der Waals surface area contributed by atoms with Gasteiger partial charge in [-0.1, -0.05) is 50.2 Å². The molecule has 2 aromatic carbocycles. The van der Waals surface area contributed by atoms with Crippen molar-refractivity contribution in [1.82, 2.24) is 4.90 Å². The van der Waals surface area contributed by atoms with Gasteiger partial charge in [-0.3, -0.25) is 0 Å². The largest absolute Gasteiger partial charge is 0.341 e. The van der Waals surface area contributed by atoms with Gasteiger partial charge in [-0.2, -0.15) is 0 Å². The molecule has 0 aliphatic carbocycles. The minimum atomic E-state index is 0.156. The van der Waals surface area contributed by atoms with E-state index < -0.39 is 0 Å². The number of benzene rings is 2. The second-order valence-corrected chi connectivity index (χ2v) is 7.51. The molecule has 1 aliphatic rings. The van der Waals surface area contributed by atoms with Gasteiger partial charge in [0.15, 0.2) is 0 Å². The zero-order chi connectivity index (χ0) is 16.4. The molecule has 23 heavy (non-hydrogen) atoms. The third kappa shape index (κ3) is 3.28. The first kappa shape index (κ1) is 16.1. The first-order chi connectivity index (χ1) is 11.0. The monoisotopic (exact) mass is 308 g/mol. The van der Waals surface area contributed by atoms with Crippen molar-refractivity contribution in [2.45, 2.75) is 32.1 Å². The molecule has 0 radical (unpaired) electrons. The lowest BCUT2D eigenvalue weighted by molar-refractivity contribution is 0.402. The summed E-state index contributed by atoms with van der Waals surface area (Å²) in [5.41, 5.74) is 5.83. The molecule has 0 fully saturated rings. The average Bonchev–Trinajstić information content (AvgIpc) is 2.60. The summed E-state index contributed by atoms with van der Waals surface area (Å²) in [4.78, 5) is 4.79. The lowest BCUT2D eigenvalue weighted by atomic mass is 9.79. The van der Waals surface area contributed by atoms with Crippen molar-refractivity contribution in [1.29, 1.82) is 0 Å². The number of hydrogen-bond donors (Lipinski definition) is 0. The highest BCUT2D eigenvalue weighted by Crippen LogP contribution is 2.43. The van der Waals surface area contributed by atoms with E-state index in [0.717, 1.165) is 25.9 Å². The van der Waals surface area contributed by atoms with Crippen LogP contribution in [0.3, 0.4) is 0 Å². The number of hydrogen-bond acceptors (Lipinski definition) is 2. The summed E-state index contributed by atoms with van der Waals surface area (Å²) in [7, 11) is 4.29. The van der Waals surface area contributed by atoms with Gasteiger partial charge < -0.3 is 9.80 Å². The molecular formula is C21H28N2. The molecule has 2 aromatic rings. The van der Waals surface area contributed by atoms with Crippen LogP contribution in [-0.4, -0.2) is 32.1 Å². The van der Waals surface area contributed by atoms with Gasteiger partial charge in [-0.15, -0.1) is 0 Å². The maximum absolute atomic E-state index is 2.53. The first-order valence-corrected chi connectivity index (χ1v) is 8.59. The van der Waals surface area contributed by atoms with Crippen LogP contribution in [-0.2, 0) is 11.8 Å². The number of fused-ring (bicyclic) bond motifs is 2. The van der Waals surface area contributed by atoms with Crippen molar-refractivity contribution in [3.05, 3.63) is 59.7 Å². The quantitative estimate of drug-likeness (QED) is 0.814. The Balaban J connectivity index is 2.06. The van der Waals surface area contributed by atoms with Crippen LogP contribution in [0.4, 0.5) is 11.4 Å². The molecule has 0 spiro atoms. The number of anilines is 2. The van der Waals surface area contributed by atoms with Crippen LogP contribution in [0, 0.1) is 0 Å². The van der Waals surface area contributed by atoms with E-state index in [9.17, 15) is 0 Å². The van der Waals surface area contributed by atoms with Crippen LogP contribution in [0.1, 0.15) is 31.4 Å². The predicted molar refractivity (Wildman–Crippen MR) is 99.8 cm³/mol. The molecule has 0 unspecified atom stereocenters. The molecule has 0 N–H and O–H groups in total. The third-order valence-electron chi connectivity index (χ3n) is 4.83. The Morgan fingerprint density at radius 3 is 2.35 bits per heavy atom. The highest BCUT2D eigenvalue weighted by atomic mass is 15.1. The Kier molecular flexibility index (Phi) is 4.45. The Labute approximate surface area is 140 Å². The van der Waals surface area contributed by atoms with E-state index in [1.54, 1.807) is 0 Å². The third-order valence-corrected chi connectivity index (χ3v) is 4.83. The van der Waals surface area contributed by atoms with Gasteiger partial charge in [0.25, 0.3) is 0 Å². The zero-order valence-corrected chi connectivity index (χ0v) is 14.8. The maximum atomic E-state index is 2.53. The van der Waals surface area contributed by atoms with Crippen molar-refractivity contribution in [2.24, 2.45) is 0 Å². The van der Waals surface area contributed by atoms with E-state index in [0.29, 0.717) is 0 Å². The molecule has 2 heteroatoms. The van der Waals surface area contributed by atoms with Crippen LogP contribution in [0.2, 0.25) is 0 Å². The van der Waals surface area contributed by atoms with Crippen LogP contribution in [0.5, 0.6) is 0 Å². The highest BCUT2D eigenvalue weighted by molar-refractivity contribution is 5.72. The van der Waals surface area contributed by atoms with Gasteiger partial charge in [0.05, 0.1) is 0 Å². The van der Waals surface area contributed by atoms with Gasteiger partial charge in [0.1, 0.15) is 0 Å². The summed E-state index contributed by atoms with van der Waals surface area (Å²) in [5.74, 6) is 0. The van der Waals surface area contributed by atoms with Crippen molar-refractivity contribution >= 4 is 11.4 Å². The summed E-state index contributed by atoms with van der Waals surface area (Å²) in [6.45, 7) is 6.91. The lowest BCUT2D eigenvalue weighted by Gasteiger charge is -2.29. The Morgan fingerprint density at radius 1 is 0.957 bits per heavy atom. The van der Waals surface area contributed by atoms with Crippen LogP contribution in [0.25, 0.3) is 0 Å². The van der Waals surface area contributed by atoms with Crippen molar-refractivity contribution in [3.8, 4) is 0 Å². The zero-order valence-electron chi connectivity index (χ0n) is 14.8. The van der Waals surface area contributed by atoms with Gasteiger partial charge in [-0.05, 0) is 62.2 Å². The Hall–Kier alpha value is -1.80. The van der Waals surface area contributed by atoms with Crippen LogP contribution >= 0.6 is 0 Å². The summed E-state index contributed by atoms with van der Waals surface area (Å²) >= 11 is 0. The summed E-state index contributed by atoms with van der Waals surface area (Å²) < 4.78 is 0. The van der Waals surface area contributed by atoms with E-state index in [-0.39, 0.29) is 5.41 Å². The summed E-state index contributed by atoms with van der Waals surface area (Å²) in [6.07, 6.45) is 2.25. The first-order valence-electron chi connectivity index (χ1n) is 8.59. The van der Waals surface area contributed by atoms with E-state index in [1.807, 2.05) is 0 Å². The lowest BCUT2D eigenvalue weighted by Crippen LogP contribution is -2.24.